The van der Waals surface area contributed by atoms with Gasteiger partial charge >= 0.3 is 0 Å². The van der Waals surface area contributed by atoms with E-state index in [4.69, 9.17) is 11.6 Å². The number of amides is 2. The monoisotopic (exact) mass is 343 g/mol. The Balaban J connectivity index is 1.49. The van der Waals surface area contributed by atoms with Gasteiger partial charge in [-0.15, -0.1) is 0 Å². The molecule has 2 amide bonds. The normalized spacial score (nSPS) is 18.8. The third kappa shape index (κ3) is 3.92. The fourth-order valence-corrected chi connectivity index (χ4v) is 2.68. The lowest BCUT2D eigenvalue weighted by Crippen LogP contribution is -2.27. The summed E-state index contributed by atoms with van der Waals surface area (Å²) >= 11 is 6.05. The first-order valence-electron chi connectivity index (χ1n) is 7.78. The maximum absolute atomic E-state index is 12.2. The molecule has 2 atom stereocenters. The molecule has 0 spiro atoms. The SMILES string of the molecule is Cc1ccc(NC(=O)C2CC2C(=O)NCc2ccncc2)cc1Cl. The number of rotatable bonds is 5. The number of aromatic nitrogens is 1. The first-order valence-corrected chi connectivity index (χ1v) is 8.16. The molecule has 0 saturated heterocycles. The van der Waals surface area contributed by atoms with Crippen molar-refractivity contribution in [3.05, 3.63) is 58.9 Å². The number of carbonyl (C=O) groups excluding carboxylic acids is 2. The third-order valence-electron chi connectivity index (χ3n) is 4.12. The molecule has 3 rings (SSSR count). The predicted octanol–water partition coefficient (Wildman–Crippen LogP) is 2.93. The van der Waals surface area contributed by atoms with E-state index in [1.807, 2.05) is 25.1 Å². The molecule has 24 heavy (non-hydrogen) atoms. The van der Waals surface area contributed by atoms with Crippen molar-refractivity contribution in [2.75, 3.05) is 5.32 Å². The lowest BCUT2D eigenvalue weighted by atomic mass is 10.2. The van der Waals surface area contributed by atoms with Crippen LogP contribution in [0.1, 0.15) is 17.5 Å². The van der Waals surface area contributed by atoms with Crippen LogP contribution in [0.5, 0.6) is 0 Å². The number of nitrogens with zero attached hydrogens (tertiary/aromatic N) is 1. The topological polar surface area (TPSA) is 71.1 Å². The van der Waals surface area contributed by atoms with Crippen LogP contribution in [0.25, 0.3) is 0 Å². The predicted molar refractivity (Wildman–Crippen MR) is 92.5 cm³/mol. The van der Waals surface area contributed by atoms with Crippen molar-refractivity contribution >= 4 is 29.1 Å². The quantitative estimate of drug-likeness (QED) is 0.876. The van der Waals surface area contributed by atoms with Gasteiger partial charge in [0.2, 0.25) is 11.8 Å². The molecule has 2 N–H and O–H groups in total. The van der Waals surface area contributed by atoms with Crippen molar-refractivity contribution < 1.29 is 9.59 Å². The number of nitrogens with one attached hydrogen (secondary N) is 2. The van der Waals surface area contributed by atoms with E-state index in [1.165, 1.54) is 0 Å². The molecule has 1 fully saturated rings. The van der Waals surface area contributed by atoms with Crippen molar-refractivity contribution in [3.8, 4) is 0 Å². The van der Waals surface area contributed by atoms with Crippen LogP contribution in [-0.2, 0) is 16.1 Å². The van der Waals surface area contributed by atoms with Gasteiger partial charge < -0.3 is 10.6 Å². The molecular formula is C18H18ClN3O2. The van der Waals surface area contributed by atoms with E-state index >= 15 is 0 Å². The number of halogens is 1. The van der Waals surface area contributed by atoms with Gasteiger partial charge in [-0.05, 0) is 48.7 Å². The minimum atomic E-state index is -0.275. The number of pyridine rings is 1. The fourth-order valence-electron chi connectivity index (χ4n) is 2.50. The van der Waals surface area contributed by atoms with Crippen molar-refractivity contribution in [1.82, 2.24) is 10.3 Å². The van der Waals surface area contributed by atoms with Gasteiger partial charge in [-0.3, -0.25) is 14.6 Å². The molecule has 1 aromatic carbocycles. The average Bonchev–Trinajstić information content (AvgIpc) is 3.38. The van der Waals surface area contributed by atoms with Crippen LogP contribution >= 0.6 is 11.6 Å². The minimum Gasteiger partial charge on any atom is -0.352 e. The molecule has 2 unspecified atom stereocenters. The fraction of sp³-hybridized carbons (Fsp3) is 0.278. The van der Waals surface area contributed by atoms with Gasteiger partial charge in [0.25, 0.3) is 0 Å². The largest absolute Gasteiger partial charge is 0.352 e. The molecule has 1 aliphatic carbocycles. The van der Waals surface area contributed by atoms with Gasteiger partial charge in [0.1, 0.15) is 0 Å². The zero-order chi connectivity index (χ0) is 17.1. The summed E-state index contributed by atoms with van der Waals surface area (Å²) in [5, 5.41) is 6.28. The summed E-state index contributed by atoms with van der Waals surface area (Å²) < 4.78 is 0. The van der Waals surface area contributed by atoms with E-state index in [0.717, 1.165) is 11.1 Å². The summed E-state index contributed by atoms with van der Waals surface area (Å²) in [4.78, 5) is 28.3. The second-order valence-electron chi connectivity index (χ2n) is 5.98. The summed E-state index contributed by atoms with van der Waals surface area (Å²) in [6.45, 7) is 2.34. The summed E-state index contributed by atoms with van der Waals surface area (Å²) in [6.07, 6.45) is 3.94. The molecule has 5 nitrogen and oxygen atoms in total. The molecule has 6 heteroatoms. The first kappa shape index (κ1) is 16.5. The highest BCUT2D eigenvalue weighted by atomic mass is 35.5. The molecular weight excluding hydrogens is 326 g/mol. The lowest BCUT2D eigenvalue weighted by Gasteiger charge is -2.07. The van der Waals surface area contributed by atoms with Crippen molar-refractivity contribution in [1.29, 1.82) is 0 Å². The number of anilines is 1. The number of carbonyl (C=O) groups is 2. The zero-order valence-corrected chi connectivity index (χ0v) is 14.0. The highest BCUT2D eigenvalue weighted by Crippen LogP contribution is 2.39. The third-order valence-corrected chi connectivity index (χ3v) is 4.53. The van der Waals surface area contributed by atoms with Crippen molar-refractivity contribution in [3.63, 3.8) is 0 Å². The molecule has 124 valence electrons. The molecule has 0 bridgehead atoms. The standard InChI is InChI=1S/C18H18ClN3O2/c1-11-2-3-13(8-16(11)19)22-18(24)15-9-14(15)17(23)21-10-12-4-6-20-7-5-12/h2-8,14-15H,9-10H2,1H3,(H,21,23)(H,22,24). The first-order chi connectivity index (χ1) is 11.5. The Kier molecular flexibility index (Phi) is 4.81. The summed E-state index contributed by atoms with van der Waals surface area (Å²) in [7, 11) is 0. The van der Waals surface area contributed by atoms with Crippen LogP contribution in [-0.4, -0.2) is 16.8 Å². The van der Waals surface area contributed by atoms with E-state index in [2.05, 4.69) is 15.6 Å². The summed E-state index contributed by atoms with van der Waals surface area (Å²) in [5.74, 6) is -0.761. The number of hydrogen-bond donors (Lipinski definition) is 2. The Morgan fingerprint density at radius 2 is 1.88 bits per heavy atom. The Hall–Kier alpha value is -2.40. The highest BCUT2D eigenvalue weighted by molar-refractivity contribution is 6.31. The van der Waals surface area contributed by atoms with Crippen molar-refractivity contribution in [2.24, 2.45) is 11.8 Å². The maximum atomic E-state index is 12.2. The van der Waals surface area contributed by atoms with Crippen LogP contribution in [0.4, 0.5) is 5.69 Å². The van der Waals surface area contributed by atoms with Gasteiger partial charge in [-0.25, -0.2) is 0 Å². The molecule has 1 heterocycles. The second-order valence-corrected chi connectivity index (χ2v) is 6.38. The van der Waals surface area contributed by atoms with Gasteiger partial charge in [0, 0.05) is 29.6 Å². The van der Waals surface area contributed by atoms with E-state index in [9.17, 15) is 9.59 Å². The Morgan fingerprint density at radius 3 is 2.58 bits per heavy atom. The minimum absolute atomic E-state index is 0.0890. The molecule has 1 aliphatic rings. The molecule has 1 saturated carbocycles. The van der Waals surface area contributed by atoms with Gasteiger partial charge in [-0.2, -0.15) is 0 Å². The van der Waals surface area contributed by atoms with Gasteiger partial charge in [0.05, 0.1) is 11.8 Å². The van der Waals surface area contributed by atoms with Crippen LogP contribution in [0.2, 0.25) is 5.02 Å². The number of aryl methyl sites for hydroxylation is 1. The molecule has 0 aliphatic heterocycles. The van der Waals surface area contributed by atoms with E-state index in [0.29, 0.717) is 23.7 Å². The Labute approximate surface area is 145 Å². The molecule has 1 aromatic heterocycles. The van der Waals surface area contributed by atoms with Crippen LogP contribution in [0.3, 0.4) is 0 Å². The van der Waals surface area contributed by atoms with E-state index in [-0.39, 0.29) is 23.7 Å². The van der Waals surface area contributed by atoms with Crippen LogP contribution < -0.4 is 10.6 Å². The van der Waals surface area contributed by atoms with E-state index < -0.39 is 0 Å². The second kappa shape index (κ2) is 7.01. The van der Waals surface area contributed by atoms with Gasteiger partial charge in [0.15, 0.2) is 0 Å². The number of hydrogen-bond acceptors (Lipinski definition) is 3. The lowest BCUT2D eigenvalue weighted by molar-refractivity contribution is -0.125. The van der Waals surface area contributed by atoms with E-state index in [1.54, 1.807) is 24.5 Å². The Morgan fingerprint density at radius 1 is 1.17 bits per heavy atom. The average molecular weight is 344 g/mol. The number of benzene rings is 1. The maximum Gasteiger partial charge on any atom is 0.228 e. The van der Waals surface area contributed by atoms with Crippen molar-refractivity contribution in [2.45, 2.75) is 19.9 Å². The highest BCUT2D eigenvalue weighted by Gasteiger charge is 2.47. The summed E-state index contributed by atoms with van der Waals surface area (Å²) in [5.41, 5.74) is 2.59. The molecule has 2 aromatic rings. The zero-order valence-electron chi connectivity index (χ0n) is 13.3. The smallest absolute Gasteiger partial charge is 0.228 e. The van der Waals surface area contributed by atoms with Crippen LogP contribution in [0, 0.1) is 18.8 Å². The summed E-state index contributed by atoms with van der Waals surface area (Å²) in [6, 6.07) is 9.07. The molecule has 0 radical (unpaired) electrons. The Bertz CT molecular complexity index is 764. The van der Waals surface area contributed by atoms with Gasteiger partial charge in [-0.1, -0.05) is 17.7 Å². The van der Waals surface area contributed by atoms with Crippen LogP contribution in [0.15, 0.2) is 42.7 Å².